The number of allylic oxidation sites excluding steroid dienone is 3. The Hall–Kier alpha value is -2.40. The number of hydrogen-bond acceptors (Lipinski definition) is 3. The lowest BCUT2D eigenvalue weighted by Crippen LogP contribution is -2.68. The highest BCUT2D eigenvalue weighted by atomic mass is 16.4. The van der Waals surface area contributed by atoms with Crippen LogP contribution in [0.25, 0.3) is 5.57 Å². The zero-order chi connectivity index (χ0) is 35.9. The molecular weight excluding hydrogens is 604 g/mol. The molecule has 0 saturated heterocycles. The molecule has 270 valence electrons. The van der Waals surface area contributed by atoms with Gasteiger partial charge >= 0.3 is 5.97 Å². The van der Waals surface area contributed by atoms with E-state index in [0.29, 0.717) is 53.8 Å². The van der Waals surface area contributed by atoms with Crippen molar-refractivity contribution >= 4 is 17.4 Å². The second-order valence-electron chi connectivity index (χ2n) is 19.2. The van der Waals surface area contributed by atoms with E-state index in [9.17, 15) is 14.7 Å². The molecule has 5 nitrogen and oxygen atoms in total. The number of nitrogens with zero attached hydrogens (tertiary/aromatic N) is 1. The Kier molecular flexibility index (Phi) is 9.19. The Morgan fingerprint density at radius 2 is 1.53 bits per heavy atom. The normalized spacial score (nSPS) is 39.4. The Labute approximate surface area is 297 Å². The van der Waals surface area contributed by atoms with E-state index in [0.717, 1.165) is 25.7 Å². The fourth-order valence-corrected chi connectivity index (χ4v) is 13.7. The lowest BCUT2D eigenvalue weighted by molar-refractivity contribution is -0.219. The van der Waals surface area contributed by atoms with Crippen LogP contribution in [0.5, 0.6) is 0 Å². The molecule has 1 aromatic carbocycles. The molecule has 0 aliphatic heterocycles. The smallest absolute Gasteiger partial charge is 0.335 e. The molecule has 5 heteroatoms. The predicted molar refractivity (Wildman–Crippen MR) is 201 cm³/mol. The molecule has 1 amide bonds. The molecule has 49 heavy (non-hydrogen) atoms. The number of carboxylic acid groups (broad SMARTS) is 1. The molecule has 9 unspecified atom stereocenters. The molecule has 4 fully saturated rings. The van der Waals surface area contributed by atoms with Crippen molar-refractivity contribution in [1.29, 1.82) is 0 Å². The van der Waals surface area contributed by atoms with E-state index in [4.69, 9.17) is 0 Å². The van der Waals surface area contributed by atoms with Gasteiger partial charge in [0.1, 0.15) is 0 Å². The third kappa shape index (κ3) is 5.49. The maximum atomic E-state index is 13.9. The lowest BCUT2D eigenvalue weighted by atomic mass is 9.33. The zero-order valence-electron chi connectivity index (χ0n) is 32.4. The maximum Gasteiger partial charge on any atom is 0.335 e. The standard InChI is InChI=1S/C44H66N2O3/c1-27(2)32-18-23-44(45-37(47)26-46(28(3)4)29(5)6)25-24-42(10)34(38(32)44)16-17-36-41(9)21-19-33(30-12-14-31(15-13-30)39(48)49)40(7,8)35(41)20-22-43(36,42)11/h12-15,19,28-29,32,34-36,38H,1,16-18,20-26H2,2-11H3,(H,45,47)(H,48,49). The van der Waals surface area contributed by atoms with Gasteiger partial charge in [0.15, 0.2) is 0 Å². The number of rotatable bonds is 8. The minimum absolute atomic E-state index is 0.000814. The van der Waals surface area contributed by atoms with Crippen molar-refractivity contribution in [2.24, 2.45) is 51.2 Å². The molecule has 0 aromatic heterocycles. The van der Waals surface area contributed by atoms with Gasteiger partial charge in [-0.05, 0) is 167 Å². The second-order valence-corrected chi connectivity index (χ2v) is 19.2. The topological polar surface area (TPSA) is 69.6 Å². The monoisotopic (exact) mass is 671 g/mol. The van der Waals surface area contributed by atoms with Gasteiger partial charge < -0.3 is 10.4 Å². The van der Waals surface area contributed by atoms with E-state index in [-0.39, 0.29) is 33.1 Å². The number of nitrogens with one attached hydrogen (secondary N) is 1. The van der Waals surface area contributed by atoms with Crippen LogP contribution in [0.15, 0.2) is 42.5 Å². The Morgan fingerprint density at radius 1 is 0.878 bits per heavy atom. The van der Waals surface area contributed by atoms with Gasteiger partial charge in [-0.1, -0.05) is 65.0 Å². The van der Waals surface area contributed by atoms with Crippen molar-refractivity contribution in [1.82, 2.24) is 10.2 Å². The van der Waals surface area contributed by atoms with Crippen LogP contribution in [0.3, 0.4) is 0 Å². The van der Waals surface area contributed by atoms with Crippen molar-refractivity contribution in [2.75, 3.05) is 6.54 Å². The van der Waals surface area contributed by atoms with Crippen LogP contribution in [0, 0.1) is 51.2 Å². The summed E-state index contributed by atoms with van der Waals surface area (Å²) in [6, 6.07) is 8.24. The molecule has 0 spiro atoms. The molecule has 5 aliphatic rings. The first-order chi connectivity index (χ1) is 22.8. The van der Waals surface area contributed by atoms with Crippen LogP contribution in [0.2, 0.25) is 0 Å². The molecule has 4 saturated carbocycles. The first-order valence-electron chi connectivity index (χ1n) is 19.6. The van der Waals surface area contributed by atoms with Gasteiger partial charge in [-0.25, -0.2) is 4.79 Å². The molecule has 0 heterocycles. The van der Waals surface area contributed by atoms with Crippen LogP contribution < -0.4 is 5.32 Å². The number of benzene rings is 1. The molecule has 6 rings (SSSR count). The molecule has 0 bridgehead atoms. The summed E-state index contributed by atoms with van der Waals surface area (Å²) in [5.74, 6) is 2.04. The van der Waals surface area contributed by atoms with E-state index in [1.165, 1.54) is 48.8 Å². The summed E-state index contributed by atoms with van der Waals surface area (Å²) >= 11 is 0. The van der Waals surface area contributed by atoms with E-state index in [2.05, 4.69) is 92.1 Å². The van der Waals surface area contributed by atoms with Gasteiger partial charge in [0.05, 0.1) is 12.1 Å². The third-order valence-corrected chi connectivity index (χ3v) is 16.1. The average molecular weight is 671 g/mol. The van der Waals surface area contributed by atoms with E-state index < -0.39 is 5.97 Å². The molecule has 9 atom stereocenters. The first-order valence-corrected chi connectivity index (χ1v) is 19.6. The summed E-state index contributed by atoms with van der Waals surface area (Å²) < 4.78 is 0. The molecule has 0 radical (unpaired) electrons. The van der Waals surface area contributed by atoms with E-state index >= 15 is 0 Å². The number of carboxylic acids is 1. The summed E-state index contributed by atoms with van der Waals surface area (Å²) in [6.45, 7) is 29.0. The molecular formula is C44H66N2O3. The number of carbonyl (C=O) groups is 2. The van der Waals surface area contributed by atoms with Crippen LogP contribution >= 0.6 is 0 Å². The number of hydrogen-bond donors (Lipinski definition) is 2. The molecule has 1 aromatic rings. The molecule has 2 N–H and O–H groups in total. The van der Waals surface area contributed by atoms with Crippen molar-refractivity contribution in [3.8, 4) is 0 Å². The summed E-state index contributed by atoms with van der Waals surface area (Å²) in [4.78, 5) is 27.8. The number of carbonyl (C=O) groups excluding carboxylic acids is 1. The number of fused-ring (bicyclic) bond motifs is 7. The number of amides is 1. The molecule has 5 aliphatic carbocycles. The fraction of sp³-hybridized carbons (Fsp3) is 0.727. The summed E-state index contributed by atoms with van der Waals surface area (Å²) in [7, 11) is 0. The third-order valence-electron chi connectivity index (χ3n) is 16.1. The van der Waals surface area contributed by atoms with Crippen LogP contribution in [0.1, 0.15) is 143 Å². The van der Waals surface area contributed by atoms with Crippen molar-refractivity contribution in [3.63, 3.8) is 0 Å². The van der Waals surface area contributed by atoms with Crippen LogP contribution in [-0.4, -0.2) is 46.1 Å². The van der Waals surface area contributed by atoms with Crippen molar-refractivity contribution < 1.29 is 14.7 Å². The minimum atomic E-state index is -0.870. The highest BCUT2D eigenvalue weighted by molar-refractivity contribution is 5.88. The van der Waals surface area contributed by atoms with Crippen molar-refractivity contribution in [3.05, 3.63) is 53.6 Å². The maximum absolute atomic E-state index is 13.9. The van der Waals surface area contributed by atoms with Gasteiger partial charge in [0.2, 0.25) is 5.91 Å². The summed E-state index contributed by atoms with van der Waals surface area (Å²) in [6.07, 6.45) is 13.1. The van der Waals surface area contributed by atoms with Crippen molar-refractivity contribution in [2.45, 2.75) is 145 Å². The Morgan fingerprint density at radius 3 is 2.12 bits per heavy atom. The van der Waals surface area contributed by atoms with Gasteiger partial charge in [-0.15, -0.1) is 0 Å². The highest BCUT2D eigenvalue weighted by Gasteiger charge is 2.70. The van der Waals surface area contributed by atoms with Gasteiger partial charge in [-0.2, -0.15) is 0 Å². The Bertz CT molecular complexity index is 1500. The van der Waals surface area contributed by atoms with Gasteiger partial charge in [0.25, 0.3) is 0 Å². The largest absolute Gasteiger partial charge is 0.478 e. The van der Waals surface area contributed by atoms with E-state index in [1.807, 2.05) is 12.1 Å². The average Bonchev–Trinajstić information content (AvgIpc) is 3.39. The van der Waals surface area contributed by atoms with E-state index in [1.54, 1.807) is 12.1 Å². The van der Waals surface area contributed by atoms with Crippen LogP contribution in [0.4, 0.5) is 0 Å². The minimum Gasteiger partial charge on any atom is -0.478 e. The van der Waals surface area contributed by atoms with Gasteiger partial charge in [-0.3, -0.25) is 9.69 Å². The second kappa shape index (κ2) is 12.4. The predicted octanol–water partition coefficient (Wildman–Crippen LogP) is 10.0. The Balaban J connectivity index is 1.31. The first kappa shape index (κ1) is 36.4. The summed E-state index contributed by atoms with van der Waals surface area (Å²) in [5.41, 5.74) is 4.73. The summed E-state index contributed by atoms with van der Waals surface area (Å²) in [5, 5.41) is 13.3. The van der Waals surface area contributed by atoms with Crippen LogP contribution in [-0.2, 0) is 4.79 Å². The fourth-order valence-electron chi connectivity index (χ4n) is 13.7. The quantitative estimate of drug-likeness (QED) is 0.270. The lowest BCUT2D eigenvalue weighted by Gasteiger charge is -2.72. The zero-order valence-corrected chi connectivity index (χ0v) is 32.4. The SMILES string of the molecule is C=C(C)C1CCC2(NC(=O)CN(C(C)C)C(C)C)CCC3(C)C(CCC4C5(C)CC=C(c6ccc(C(=O)O)cc6)C(C)(C)C5CCC43C)C12. The highest BCUT2D eigenvalue weighted by Crippen LogP contribution is 2.76. The van der Waals surface area contributed by atoms with Gasteiger partial charge in [0, 0.05) is 17.6 Å². The number of aromatic carboxylic acids is 1.